The fraction of sp³-hybridized carbons (Fsp3) is 0.500. The molecular formula is C22H27N3O2S. The third-order valence-corrected chi connectivity index (χ3v) is 7.27. The average molecular weight is 398 g/mol. The number of amides is 1. The van der Waals surface area contributed by atoms with E-state index in [0.29, 0.717) is 28.5 Å². The Hall–Kier alpha value is -2.08. The summed E-state index contributed by atoms with van der Waals surface area (Å²) in [6.45, 7) is 6.25. The van der Waals surface area contributed by atoms with Gasteiger partial charge in [0.2, 0.25) is 5.91 Å². The molecule has 4 unspecified atom stereocenters. The second-order valence-electron chi connectivity index (χ2n) is 8.10. The van der Waals surface area contributed by atoms with E-state index in [9.17, 15) is 9.59 Å². The lowest BCUT2D eigenvalue weighted by Crippen LogP contribution is -2.41. The van der Waals surface area contributed by atoms with Gasteiger partial charge in [-0.2, -0.15) is 0 Å². The summed E-state index contributed by atoms with van der Waals surface area (Å²) in [5, 5.41) is 4.33. The number of nitrogens with zero attached hydrogens (tertiary/aromatic N) is 2. The fourth-order valence-corrected chi connectivity index (χ4v) is 5.81. The third-order valence-electron chi connectivity index (χ3n) is 6.29. The van der Waals surface area contributed by atoms with Gasteiger partial charge in [-0.25, -0.2) is 4.98 Å². The van der Waals surface area contributed by atoms with Crippen LogP contribution in [0.15, 0.2) is 46.9 Å². The molecule has 4 atom stereocenters. The van der Waals surface area contributed by atoms with E-state index in [-0.39, 0.29) is 23.3 Å². The number of benzene rings is 1. The van der Waals surface area contributed by atoms with Crippen molar-refractivity contribution in [3.05, 3.63) is 47.3 Å². The fourth-order valence-electron chi connectivity index (χ4n) is 4.99. The lowest BCUT2D eigenvalue weighted by atomic mass is 9.84. The average Bonchev–Trinajstić information content (AvgIpc) is 3.32. The van der Waals surface area contributed by atoms with Crippen molar-refractivity contribution in [2.24, 2.45) is 17.8 Å². The van der Waals surface area contributed by atoms with Crippen molar-refractivity contribution < 1.29 is 4.79 Å². The summed E-state index contributed by atoms with van der Waals surface area (Å²) in [5.41, 5.74) is 0.565. The second-order valence-corrected chi connectivity index (χ2v) is 9.04. The number of fused-ring (bicyclic) bond motifs is 3. The number of carbonyl (C=O) groups is 1. The Kier molecular flexibility index (Phi) is 5.58. The van der Waals surface area contributed by atoms with Gasteiger partial charge < -0.3 is 5.32 Å². The van der Waals surface area contributed by atoms with Crippen LogP contribution in [0.25, 0.3) is 10.9 Å². The van der Waals surface area contributed by atoms with Gasteiger partial charge in [-0.15, -0.1) is 6.58 Å². The Bertz CT molecular complexity index is 954. The molecule has 1 aromatic heterocycles. The molecule has 0 radical (unpaired) electrons. The molecule has 148 valence electrons. The maximum Gasteiger partial charge on any atom is 0.262 e. The summed E-state index contributed by atoms with van der Waals surface area (Å²) in [5.74, 6) is 2.54. The zero-order chi connectivity index (χ0) is 19.7. The molecule has 2 bridgehead atoms. The molecule has 5 nitrogen and oxygen atoms in total. The van der Waals surface area contributed by atoms with Crippen LogP contribution < -0.4 is 10.9 Å². The highest BCUT2D eigenvalue weighted by Crippen LogP contribution is 2.49. The van der Waals surface area contributed by atoms with Crippen LogP contribution in [-0.2, 0) is 11.3 Å². The van der Waals surface area contributed by atoms with Gasteiger partial charge in [0.15, 0.2) is 5.16 Å². The van der Waals surface area contributed by atoms with Crippen LogP contribution in [0.1, 0.15) is 32.6 Å². The van der Waals surface area contributed by atoms with Gasteiger partial charge in [0.05, 0.1) is 16.7 Å². The molecule has 4 rings (SSSR count). The quantitative estimate of drug-likeness (QED) is 0.440. The van der Waals surface area contributed by atoms with E-state index in [0.717, 1.165) is 11.8 Å². The van der Waals surface area contributed by atoms with Crippen molar-refractivity contribution in [2.75, 3.05) is 5.75 Å². The molecule has 2 aliphatic carbocycles. The smallest absolute Gasteiger partial charge is 0.262 e. The minimum atomic E-state index is -0.0937. The lowest BCUT2D eigenvalue weighted by molar-refractivity contribution is -0.119. The van der Waals surface area contributed by atoms with E-state index in [1.807, 2.05) is 18.2 Å². The van der Waals surface area contributed by atoms with Crippen molar-refractivity contribution in [3.63, 3.8) is 0 Å². The van der Waals surface area contributed by atoms with Crippen molar-refractivity contribution in [2.45, 2.75) is 50.4 Å². The zero-order valence-corrected chi connectivity index (χ0v) is 17.1. The monoisotopic (exact) mass is 397 g/mol. The summed E-state index contributed by atoms with van der Waals surface area (Å²) < 4.78 is 1.59. The van der Waals surface area contributed by atoms with Gasteiger partial charge in [-0.3, -0.25) is 14.2 Å². The normalized spacial score (nSPS) is 24.4. The number of thioether (sulfide) groups is 1. The maximum atomic E-state index is 12.8. The van der Waals surface area contributed by atoms with Gasteiger partial charge in [-0.1, -0.05) is 36.4 Å². The first-order chi connectivity index (χ1) is 13.6. The predicted octanol–water partition coefficient (Wildman–Crippen LogP) is 3.62. The van der Waals surface area contributed by atoms with E-state index < -0.39 is 0 Å². The summed E-state index contributed by atoms with van der Waals surface area (Å²) in [4.78, 5) is 29.9. The molecular weight excluding hydrogens is 370 g/mol. The summed E-state index contributed by atoms with van der Waals surface area (Å²) in [6.07, 6.45) is 6.96. The van der Waals surface area contributed by atoms with Gasteiger partial charge in [0, 0.05) is 12.6 Å². The first kappa shape index (κ1) is 19.2. The van der Waals surface area contributed by atoms with E-state index in [2.05, 4.69) is 23.8 Å². The summed E-state index contributed by atoms with van der Waals surface area (Å²) >= 11 is 1.32. The molecule has 2 fully saturated rings. The molecule has 1 aromatic carbocycles. The number of nitrogens with one attached hydrogen (secondary N) is 1. The lowest BCUT2D eigenvalue weighted by Gasteiger charge is -2.28. The largest absolute Gasteiger partial charge is 0.353 e. The van der Waals surface area contributed by atoms with Crippen LogP contribution in [-0.4, -0.2) is 27.3 Å². The molecule has 2 aliphatic rings. The number of aromatic nitrogens is 2. The van der Waals surface area contributed by atoms with E-state index in [1.165, 1.54) is 37.4 Å². The minimum Gasteiger partial charge on any atom is -0.353 e. The Morgan fingerprint density at radius 3 is 2.93 bits per heavy atom. The summed E-state index contributed by atoms with van der Waals surface area (Å²) in [6, 6.07) is 7.52. The van der Waals surface area contributed by atoms with Gasteiger partial charge in [0.1, 0.15) is 0 Å². The minimum absolute atomic E-state index is 0.00725. The Balaban J connectivity index is 1.44. The standard InChI is InChI=1S/C22H27N3O2S/c1-3-10-25-21(27)17-6-4-5-7-19(17)24-22(25)28-13-20(26)23-14(2)18-12-15-8-9-16(18)11-15/h3-7,14-16,18H,1,8-13H2,2H3,(H,23,26). The summed E-state index contributed by atoms with van der Waals surface area (Å²) in [7, 11) is 0. The zero-order valence-electron chi connectivity index (χ0n) is 16.3. The molecule has 1 heterocycles. The Morgan fingerprint density at radius 2 is 2.21 bits per heavy atom. The Morgan fingerprint density at radius 1 is 1.39 bits per heavy atom. The highest BCUT2D eigenvalue weighted by molar-refractivity contribution is 7.99. The highest BCUT2D eigenvalue weighted by Gasteiger charge is 2.42. The molecule has 1 amide bonds. The first-order valence-corrected chi connectivity index (χ1v) is 11.1. The highest BCUT2D eigenvalue weighted by atomic mass is 32.2. The number of hydrogen-bond acceptors (Lipinski definition) is 4. The van der Waals surface area contributed by atoms with Crippen LogP contribution in [0.2, 0.25) is 0 Å². The molecule has 2 saturated carbocycles. The third kappa shape index (κ3) is 3.75. The van der Waals surface area contributed by atoms with E-state index in [4.69, 9.17) is 0 Å². The molecule has 1 N–H and O–H groups in total. The van der Waals surface area contributed by atoms with Gasteiger partial charge in [0.25, 0.3) is 5.56 Å². The topological polar surface area (TPSA) is 64.0 Å². The Labute approximate surface area is 169 Å². The van der Waals surface area contributed by atoms with Crippen molar-refractivity contribution in [3.8, 4) is 0 Å². The van der Waals surface area contributed by atoms with Crippen LogP contribution >= 0.6 is 11.8 Å². The van der Waals surface area contributed by atoms with E-state index in [1.54, 1.807) is 16.7 Å². The SMILES string of the molecule is C=CCn1c(SCC(=O)NC(C)C2CC3CCC2C3)nc2ccccc2c1=O. The number of rotatable bonds is 7. The number of para-hydroxylation sites is 1. The van der Waals surface area contributed by atoms with Crippen LogP contribution in [0.3, 0.4) is 0 Å². The number of carbonyl (C=O) groups excluding carboxylic acids is 1. The first-order valence-electron chi connectivity index (χ1n) is 10.1. The van der Waals surface area contributed by atoms with Gasteiger partial charge in [-0.05, 0) is 56.1 Å². The number of allylic oxidation sites excluding steroid dienone is 1. The van der Waals surface area contributed by atoms with Crippen LogP contribution in [0.4, 0.5) is 0 Å². The maximum absolute atomic E-state index is 12.8. The van der Waals surface area contributed by atoms with Gasteiger partial charge >= 0.3 is 0 Å². The number of hydrogen-bond donors (Lipinski definition) is 1. The van der Waals surface area contributed by atoms with Crippen LogP contribution in [0.5, 0.6) is 0 Å². The second kappa shape index (κ2) is 8.11. The molecule has 0 saturated heterocycles. The molecule has 0 spiro atoms. The molecule has 6 heteroatoms. The van der Waals surface area contributed by atoms with Crippen LogP contribution in [0, 0.1) is 17.8 Å². The molecule has 0 aliphatic heterocycles. The molecule has 2 aromatic rings. The van der Waals surface area contributed by atoms with Crippen molar-refractivity contribution >= 4 is 28.6 Å². The van der Waals surface area contributed by atoms with Crippen molar-refractivity contribution in [1.82, 2.24) is 14.9 Å². The predicted molar refractivity (Wildman–Crippen MR) is 113 cm³/mol. The van der Waals surface area contributed by atoms with Crippen molar-refractivity contribution in [1.29, 1.82) is 0 Å². The van der Waals surface area contributed by atoms with E-state index >= 15 is 0 Å². The molecule has 28 heavy (non-hydrogen) atoms.